The monoisotopic (exact) mass is 383 g/mol. The summed E-state index contributed by atoms with van der Waals surface area (Å²) < 4.78 is 12.0. The van der Waals surface area contributed by atoms with Gasteiger partial charge in [0.25, 0.3) is 0 Å². The van der Waals surface area contributed by atoms with Gasteiger partial charge in [0.15, 0.2) is 0 Å². The first kappa shape index (κ1) is 22.5. The standard InChI is InChI=1S/C22H41NO4/c1-15(2)13-18(24)19-17(14-16-11-9-8-10-12-16)23(22(6,7)26-19)20(25)27-21(3,4)5/h15-19,24H,8-14H2,1-7H3/t17-,18?,19?/m1/s1. The third kappa shape index (κ3) is 6.08. The van der Waals surface area contributed by atoms with E-state index in [-0.39, 0.29) is 18.2 Å². The molecule has 1 amide bonds. The summed E-state index contributed by atoms with van der Waals surface area (Å²) in [7, 11) is 0. The highest BCUT2D eigenvalue weighted by Gasteiger charge is 2.53. The first-order valence-corrected chi connectivity index (χ1v) is 10.8. The molecule has 5 nitrogen and oxygen atoms in total. The molecule has 0 radical (unpaired) electrons. The number of carbonyl (C=O) groups is 1. The van der Waals surface area contributed by atoms with Crippen molar-refractivity contribution in [2.45, 2.75) is 123 Å². The SMILES string of the molecule is CC(C)CC(O)C1OC(C)(C)N(C(=O)OC(C)(C)C)[C@@H]1CC1CCCCC1. The van der Waals surface area contributed by atoms with Crippen molar-refractivity contribution < 1.29 is 19.4 Å². The second-order valence-electron chi connectivity index (χ2n) is 10.4. The Hall–Kier alpha value is -0.810. The number of aliphatic hydroxyl groups excluding tert-OH is 1. The number of carbonyl (C=O) groups excluding carboxylic acids is 1. The fraction of sp³-hybridized carbons (Fsp3) is 0.955. The summed E-state index contributed by atoms with van der Waals surface area (Å²) in [5, 5.41) is 10.9. The van der Waals surface area contributed by atoms with Gasteiger partial charge in [-0.3, -0.25) is 4.90 Å². The molecule has 2 aliphatic rings. The Morgan fingerprint density at radius 1 is 1.22 bits per heavy atom. The third-order valence-electron chi connectivity index (χ3n) is 5.70. The molecule has 158 valence electrons. The van der Waals surface area contributed by atoms with Gasteiger partial charge in [-0.1, -0.05) is 46.0 Å². The van der Waals surface area contributed by atoms with Crippen LogP contribution in [0.25, 0.3) is 0 Å². The van der Waals surface area contributed by atoms with E-state index in [1.54, 1.807) is 4.90 Å². The van der Waals surface area contributed by atoms with Gasteiger partial charge in [-0.05, 0) is 59.3 Å². The molecule has 1 heterocycles. The van der Waals surface area contributed by atoms with Crippen molar-refractivity contribution in [3.05, 3.63) is 0 Å². The minimum absolute atomic E-state index is 0.147. The summed E-state index contributed by atoms with van der Waals surface area (Å²) in [5.41, 5.74) is -1.35. The van der Waals surface area contributed by atoms with Crippen LogP contribution in [0.2, 0.25) is 0 Å². The van der Waals surface area contributed by atoms with Crippen molar-refractivity contribution in [1.29, 1.82) is 0 Å². The predicted molar refractivity (Wildman–Crippen MR) is 107 cm³/mol. The molecular weight excluding hydrogens is 342 g/mol. The largest absolute Gasteiger partial charge is 0.444 e. The van der Waals surface area contributed by atoms with Crippen LogP contribution >= 0.6 is 0 Å². The molecule has 5 heteroatoms. The van der Waals surface area contributed by atoms with Crippen molar-refractivity contribution in [2.24, 2.45) is 11.8 Å². The number of hydrogen-bond donors (Lipinski definition) is 1. The quantitative estimate of drug-likeness (QED) is 0.717. The van der Waals surface area contributed by atoms with Gasteiger partial charge < -0.3 is 14.6 Å². The number of nitrogens with zero attached hydrogens (tertiary/aromatic N) is 1. The first-order chi connectivity index (χ1) is 12.4. The van der Waals surface area contributed by atoms with E-state index in [0.717, 1.165) is 6.42 Å². The Kier molecular flexibility index (Phi) is 7.23. The topological polar surface area (TPSA) is 59.0 Å². The van der Waals surface area contributed by atoms with Gasteiger partial charge in [-0.25, -0.2) is 4.79 Å². The van der Waals surface area contributed by atoms with Crippen LogP contribution in [0, 0.1) is 11.8 Å². The highest BCUT2D eigenvalue weighted by Crippen LogP contribution is 2.41. The Labute approximate surface area is 165 Å². The molecule has 0 aromatic rings. The van der Waals surface area contributed by atoms with Crippen LogP contribution in [-0.2, 0) is 9.47 Å². The van der Waals surface area contributed by atoms with Gasteiger partial charge in [0, 0.05) is 0 Å². The van der Waals surface area contributed by atoms with Gasteiger partial charge >= 0.3 is 6.09 Å². The molecule has 0 spiro atoms. The van der Waals surface area contributed by atoms with Crippen LogP contribution in [0.4, 0.5) is 4.79 Å². The van der Waals surface area contributed by atoms with Gasteiger partial charge in [0.05, 0.1) is 12.1 Å². The van der Waals surface area contributed by atoms with E-state index in [0.29, 0.717) is 18.3 Å². The highest BCUT2D eigenvalue weighted by atomic mass is 16.6. The lowest BCUT2D eigenvalue weighted by atomic mass is 9.82. The van der Waals surface area contributed by atoms with E-state index >= 15 is 0 Å². The number of rotatable bonds is 5. The van der Waals surface area contributed by atoms with Crippen LogP contribution in [0.15, 0.2) is 0 Å². The smallest absolute Gasteiger partial charge is 0.412 e. The molecule has 1 saturated carbocycles. The van der Waals surface area contributed by atoms with Crippen molar-refractivity contribution in [3.8, 4) is 0 Å². The zero-order chi connectivity index (χ0) is 20.4. The van der Waals surface area contributed by atoms with Crippen LogP contribution in [0.5, 0.6) is 0 Å². The molecule has 1 aliphatic heterocycles. The number of aliphatic hydroxyl groups is 1. The molecule has 27 heavy (non-hydrogen) atoms. The van der Waals surface area contributed by atoms with E-state index in [4.69, 9.17) is 9.47 Å². The summed E-state index contributed by atoms with van der Waals surface area (Å²) >= 11 is 0. The zero-order valence-corrected chi connectivity index (χ0v) is 18.5. The maximum Gasteiger partial charge on any atom is 0.412 e. The summed E-state index contributed by atoms with van der Waals surface area (Å²) in [5.74, 6) is 0.956. The van der Waals surface area contributed by atoms with Gasteiger partial charge in [0.1, 0.15) is 17.4 Å². The lowest BCUT2D eigenvalue weighted by Gasteiger charge is -2.37. The molecule has 3 atom stereocenters. The fourth-order valence-corrected chi connectivity index (χ4v) is 4.64. The van der Waals surface area contributed by atoms with Gasteiger partial charge in [0.2, 0.25) is 0 Å². The summed E-state index contributed by atoms with van der Waals surface area (Å²) in [6.07, 6.45) is 6.48. The average molecular weight is 384 g/mol. The summed E-state index contributed by atoms with van der Waals surface area (Å²) in [6, 6.07) is -0.147. The Bertz CT molecular complexity index is 491. The highest BCUT2D eigenvalue weighted by molar-refractivity contribution is 5.70. The van der Waals surface area contributed by atoms with Gasteiger partial charge in [-0.15, -0.1) is 0 Å². The molecule has 1 saturated heterocycles. The zero-order valence-electron chi connectivity index (χ0n) is 18.5. The molecule has 2 fully saturated rings. The third-order valence-corrected chi connectivity index (χ3v) is 5.70. The minimum atomic E-state index is -0.787. The van der Waals surface area contributed by atoms with E-state index < -0.39 is 17.4 Å². The Morgan fingerprint density at radius 3 is 2.33 bits per heavy atom. The maximum atomic E-state index is 13.1. The Balaban J connectivity index is 2.26. The van der Waals surface area contributed by atoms with Crippen LogP contribution in [0.1, 0.15) is 93.4 Å². The lowest BCUT2D eigenvalue weighted by molar-refractivity contribution is -0.106. The van der Waals surface area contributed by atoms with Crippen molar-refractivity contribution >= 4 is 6.09 Å². The molecule has 0 bridgehead atoms. The molecule has 1 aliphatic carbocycles. The normalized spacial score (nSPS) is 27.8. The molecule has 0 aromatic heterocycles. The fourth-order valence-electron chi connectivity index (χ4n) is 4.64. The molecule has 0 aromatic carbocycles. The van der Waals surface area contributed by atoms with Crippen LogP contribution in [-0.4, -0.2) is 45.7 Å². The Morgan fingerprint density at radius 2 is 1.81 bits per heavy atom. The van der Waals surface area contributed by atoms with Crippen molar-refractivity contribution in [2.75, 3.05) is 0 Å². The first-order valence-electron chi connectivity index (χ1n) is 10.8. The van der Waals surface area contributed by atoms with Crippen molar-refractivity contribution in [3.63, 3.8) is 0 Å². The average Bonchev–Trinajstić information content (AvgIpc) is 2.77. The second kappa shape index (κ2) is 8.69. The van der Waals surface area contributed by atoms with E-state index in [1.165, 1.54) is 32.1 Å². The number of ether oxygens (including phenoxy) is 2. The molecule has 1 N–H and O–H groups in total. The van der Waals surface area contributed by atoms with E-state index in [9.17, 15) is 9.90 Å². The minimum Gasteiger partial charge on any atom is -0.444 e. The maximum absolute atomic E-state index is 13.1. The summed E-state index contributed by atoms with van der Waals surface area (Å²) in [4.78, 5) is 14.8. The second-order valence-corrected chi connectivity index (χ2v) is 10.4. The molecular formula is C22H41NO4. The summed E-state index contributed by atoms with van der Waals surface area (Å²) in [6.45, 7) is 13.7. The van der Waals surface area contributed by atoms with E-state index in [1.807, 2.05) is 34.6 Å². The lowest BCUT2D eigenvalue weighted by Crippen LogP contribution is -2.51. The van der Waals surface area contributed by atoms with Crippen LogP contribution < -0.4 is 0 Å². The predicted octanol–water partition coefficient (Wildman–Crippen LogP) is 5.10. The van der Waals surface area contributed by atoms with Crippen LogP contribution in [0.3, 0.4) is 0 Å². The van der Waals surface area contributed by atoms with Gasteiger partial charge in [-0.2, -0.15) is 0 Å². The number of hydrogen-bond acceptors (Lipinski definition) is 4. The number of amides is 1. The molecule has 2 unspecified atom stereocenters. The molecule has 2 rings (SSSR count). The van der Waals surface area contributed by atoms with E-state index in [2.05, 4.69) is 13.8 Å². The van der Waals surface area contributed by atoms with Crippen molar-refractivity contribution in [1.82, 2.24) is 4.90 Å².